The Morgan fingerprint density at radius 1 is 0.436 bits per heavy atom. The van der Waals surface area contributed by atoms with E-state index in [1.54, 1.807) is 12.4 Å². The van der Waals surface area contributed by atoms with Gasteiger partial charge in [-0.25, -0.2) is 9.36 Å². The van der Waals surface area contributed by atoms with Crippen LogP contribution >= 0.6 is 0 Å². The minimum absolute atomic E-state index is 0.387. The van der Waals surface area contributed by atoms with Crippen molar-refractivity contribution in [3.05, 3.63) is 134 Å². The smallest absolute Gasteiger partial charge is 0.252 e. The topological polar surface area (TPSA) is 74.6 Å². The van der Waals surface area contributed by atoms with E-state index in [4.69, 9.17) is 14.6 Å². The summed E-state index contributed by atoms with van der Waals surface area (Å²) in [4.78, 5) is 0. The van der Waals surface area contributed by atoms with E-state index in [1.807, 2.05) is 106 Å². The highest BCUT2D eigenvalue weighted by Gasteiger charge is 2.24. The molecule has 0 amide bonds. The zero-order chi connectivity index (χ0) is 26.0. The van der Waals surface area contributed by atoms with E-state index in [1.165, 1.54) is 0 Å². The zero-order valence-electron chi connectivity index (χ0n) is 20.8. The number of hydrogen-bond donors (Lipinski definition) is 0. The van der Waals surface area contributed by atoms with Crippen molar-refractivity contribution in [2.24, 2.45) is 0 Å². The van der Waals surface area contributed by atoms with Gasteiger partial charge in [-0.3, -0.25) is 0 Å². The van der Waals surface area contributed by atoms with Crippen LogP contribution in [0.1, 0.15) is 0 Å². The molecule has 7 nitrogen and oxygen atoms in total. The monoisotopic (exact) mass is 506 g/mol. The summed E-state index contributed by atoms with van der Waals surface area (Å²) >= 11 is 0. The molecule has 7 aromatic rings. The maximum Gasteiger partial charge on any atom is 0.252 e. The molecule has 0 aliphatic rings. The third-order valence-electron chi connectivity index (χ3n) is 6.52. The van der Waals surface area contributed by atoms with Crippen LogP contribution in [-0.4, -0.2) is 29.8 Å². The minimum atomic E-state index is 0.387. The molecule has 0 unspecified atom stereocenters. The maximum atomic E-state index is 6.35. The molecule has 0 radical (unpaired) electrons. The standard InChI is InChI=1S/C32H22N6O/c1-5-13-23(14-6-1)29-27(21-33-37(29)25-17-9-3-10-18-25)31-35-36-32(39-31)28-22-34-38(26-19-11-4-12-20-26)30(28)24-15-7-2-8-16-24/h1-22H. The Morgan fingerprint density at radius 2 is 0.795 bits per heavy atom. The van der Waals surface area contributed by atoms with Crippen LogP contribution in [0.15, 0.2) is 138 Å². The van der Waals surface area contributed by atoms with Crippen LogP contribution in [0.25, 0.3) is 56.8 Å². The van der Waals surface area contributed by atoms with Crippen molar-refractivity contribution in [1.82, 2.24) is 29.8 Å². The summed E-state index contributed by atoms with van der Waals surface area (Å²) in [5.41, 5.74) is 7.13. The first-order valence-electron chi connectivity index (χ1n) is 12.6. The van der Waals surface area contributed by atoms with Crippen LogP contribution in [0, 0.1) is 0 Å². The van der Waals surface area contributed by atoms with Crippen molar-refractivity contribution in [3.8, 4) is 56.8 Å². The van der Waals surface area contributed by atoms with Crippen LogP contribution in [0.3, 0.4) is 0 Å². The van der Waals surface area contributed by atoms with Crippen molar-refractivity contribution in [3.63, 3.8) is 0 Å². The van der Waals surface area contributed by atoms with Gasteiger partial charge < -0.3 is 4.42 Å². The number of nitrogens with zero attached hydrogens (tertiary/aromatic N) is 6. The Kier molecular flexibility index (Phi) is 5.64. The molecule has 39 heavy (non-hydrogen) atoms. The molecule has 7 heteroatoms. The van der Waals surface area contributed by atoms with E-state index in [0.717, 1.165) is 45.0 Å². The average molecular weight is 507 g/mol. The van der Waals surface area contributed by atoms with Gasteiger partial charge in [0.25, 0.3) is 11.8 Å². The van der Waals surface area contributed by atoms with Gasteiger partial charge in [-0.1, -0.05) is 97.1 Å². The second-order valence-electron chi connectivity index (χ2n) is 8.95. The highest BCUT2D eigenvalue weighted by atomic mass is 16.4. The first-order chi connectivity index (χ1) is 19.4. The van der Waals surface area contributed by atoms with Crippen molar-refractivity contribution >= 4 is 0 Å². The van der Waals surface area contributed by atoms with Gasteiger partial charge in [0.15, 0.2) is 0 Å². The lowest BCUT2D eigenvalue weighted by Crippen LogP contribution is -1.99. The SMILES string of the molecule is c1ccc(-c2c(-c3nnc(-c4cnn(-c5ccccc5)c4-c4ccccc4)o3)cnn2-c2ccccc2)cc1. The Labute approximate surface area is 224 Å². The number of para-hydroxylation sites is 2. The zero-order valence-corrected chi connectivity index (χ0v) is 20.8. The van der Waals surface area contributed by atoms with Crippen LogP contribution in [0.4, 0.5) is 0 Å². The molecule has 0 atom stereocenters. The molecule has 3 heterocycles. The summed E-state index contributed by atoms with van der Waals surface area (Å²) in [6, 6.07) is 40.2. The third-order valence-corrected chi connectivity index (χ3v) is 6.52. The minimum Gasteiger partial charge on any atom is -0.416 e. The van der Waals surface area contributed by atoms with Gasteiger partial charge in [-0.05, 0) is 24.3 Å². The molecule has 0 saturated heterocycles. The molecule has 0 bridgehead atoms. The first kappa shape index (κ1) is 22.6. The Hall–Kier alpha value is -5.56. The summed E-state index contributed by atoms with van der Waals surface area (Å²) < 4.78 is 10.1. The molecule has 4 aromatic carbocycles. The largest absolute Gasteiger partial charge is 0.416 e. The molecule has 0 aliphatic heterocycles. The molecular weight excluding hydrogens is 484 g/mol. The summed E-state index contributed by atoms with van der Waals surface area (Å²) in [6.45, 7) is 0. The predicted octanol–water partition coefficient (Wildman–Crippen LogP) is 7.11. The molecule has 0 N–H and O–H groups in total. The van der Waals surface area contributed by atoms with E-state index >= 15 is 0 Å². The molecule has 186 valence electrons. The molecule has 3 aromatic heterocycles. The lowest BCUT2D eigenvalue weighted by atomic mass is 10.1. The van der Waals surface area contributed by atoms with E-state index in [2.05, 4.69) is 34.5 Å². The lowest BCUT2D eigenvalue weighted by molar-refractivity contribution is 0.585. The summed E-state index contributed by atoms with van der Waals surface area (Å²) in [5, 5.41) is 18.3. The highest BCUT2D eigenvalue weighted by molar-refractivity contribution is 5.81. The third kappa shape index (κ3) is 4.12. The quantitative estimate of drug-likeness (QED) is 0.240. The predicted molar refractivity (Wildman–Crippen MR) is 150 cm³/mol. The van der Waals surface area contributed by atoms with Gasteiger partial charge in [-0.2, -0.15) is 10.2 Å². The Bertz CT molecular complexity index is 1700. The number of aromatic nitrogens is 6. The molecule has 0 fully saturated rings. The Balaban J connectivity index is 1.37. The summed E-state index contributed by atoms with van der Waals surface area (Å²) in [5.74, 6) is 0.773. The Morgan fingerprint density at radius 3 is 1.18 bits per heavy atom. The van der Waals surface area contributed by atoms with E-state index < -0.39 is 0 Å². The fraction of sp³-hybridized carbons (Fsp3) is 0. The van der Waals surface area contributed by atoms with Gasteiger partial charge >= 0.3 is 0 Å². The summed E-state index contributed by atoms with van der Waals surface area (Å²) in [7, 11) is 0. The van der Waals surface area contributed by atoms with Gasteiger partial charge in [0.1, 0.15) is 0 Å². The molecule has 7 rings (SSSR count). The van der Waals surface area contributed by atoms with Gasteiger partial charge in [0.05, 0.1) is 46.3 Å². The maximum absolute atomic E-state index is 6.35. The van der Waals surface area contributed by atoms with Crippen molar-refractivity contribution < 1.29 is 4.42 Å². The van der Waals surface area contributed by atoms with E-state index in [-0.39, 0.29) is 0 Å². The van der Waals surface area contributed by atoms with Crippen LogP contribution in [0.2, 0.25) is 0 Å². The van der Waals surface area contributed by atoms with Crippen molar-refractivity contribution in [2.75, 3.05) is 0 Å². The number of hydrogen-bond acceptors (Lipinski definition) is 5. The number of benzene rings is 4. The van der Waals surface area contributed by atoms with Crippen LogP contribution in [0.5, 0.6) is 0 Å². The fourth-order valence-corrected chi connectivity index (χ4v) is 4.73. The number of rotatable bonds is 6. The molecule has 0 spiro atoms. The van der Waals surface area contributed by atoms with Gasteiger partial charge in [-0.15, -0.1) is 10.2 Å². The second kappa shape index (κ2) is 9.72. The fourth-order valence-electron chi connectivity index (χ4n) is 4.73. The van der Waals surface area contributed by atoms with Crippen LogP contribution in [-0.2, 0) is 0 Å². The molecular formula is C32H22N6O. The highest BCUT2D eigenvalue weighted by Crippen LogP contribution is 2.37. The van der Waals surface area contributed by atoms with Crippen molar-refractivity contribution in [2.45, 2.75) is 0 Å². The summed E-state index contributed by atoms with van der Waals surface area (Å²) in [6.07, 6.45) is 3.55. The lowest BCUT2D eigenvalue weighted by Gasteiger charge is -2.09. The van der Waals surface area contributed by atoms with Gasteiger partial charge in [0, 0.05) is 11.1 Å². The second-order valence-corrected chi connectivity index (χ2v) is 8.95. The van der Waals surface area contributed by atoms with Crippen LogP contribution < -0.4 is 0 Å². The average Bonchev–Trinajstić information content (AvgIpc) is 3.77. The first-order valence-corrected chi connectivity index (χ1v) is 12.6. The molecule has 0 saturated carbocycles. The van der Waals surface area contributed by atoms with E-state index in [9.17, 15) is 0 Å². The van der Waals surface area contributed by atoms with Crippen molar-refractivity contribution in [1.29, 1.82) is 0 Å². The normalized spacial score (nSPS) is 11.1. The van der Waals surface area contributed by atoms with E-state index in [0.29, 0.717) is 11.8 Å². The van der Waals surface area contributed by atoms with Gasteiger partial charge in [0.2, 0.25) is 0 Å². The molecule has 0 aliphatic carbocycles.